The van der Waals surface area contributed by atoms with Gasteiger partial charge in [-0.1, -0.05) is 48.5 Å². The highest BCUT2D eigenvalue weighted by Crippen LogP contribution is 2.26. The van der Waals surface area contributed by atoms with Gasteiger partial charge in [0.15, 0.2) is 0 Å². The first-order valence-electron chi connectivity index (χ1n) is 5.27. The zero-order valence-corrected chi connectivity index (χ0v) is 10.5. The van der Waals surface area contributed by atoms with Crippen LogP contribution in [-0.4, -0.2) is 24.2 Å². The molecule has 0 saturated heterocycles. The molecule has 0 fully saturated rings. The monoisotopic (exact) mass is 290 g/mol. The quantitative estimate of drug-likeness (QED) is 0.478. The van der Waals surface area contributed by atoms with Crippen LogP contribution in [0.15, 0.2) is 0 Å². The lowest BCUT2D eigenvalue weighted by atomic mass is 10.2. The maximum atomic E-state index is 12.0. The molecular weight excluding hydrogens is 273 g/mol. The molecule has 0 heterocycles. The third-order valence-corrected chi connectivity index (χ3v) is 2.80. The van der Waals surface area contributed by atoms with Crippen molar-refractivity contribution in [2.24, 2.45) is 0 Å². The van der Waals surface area contributed by atoms with Gasteiger partial charge in [0, 0.05) is 6.61 Å². The Morgan fingerprint density at radius 1 is 1.13 bits per heavy atom. The van der Waals surface area contributed by atoms with E-state index in [4.69, 9.17) is 4.74 Å². The third-order valence-electron chi connectivity index (χ3n) is 2.01. The molecule has 0 aliphatic carbocycles. The summed E-state index contributed by atoms with van der Waals surface area (Å²) in [4.78, 5) is -1.54. The van der Waals surface area contributed by atoms with E-state index in [2.05, 4.69) is 22.9 Å². The number of alkyl halides is 4. The van der Waals surface area contributed by atoms with Gasteiger partial charge in [-0.15, -0.1) is 0 Å². The van der Waals surface area contributed by atoms with E-state index < -0.39 is 11.0 Å². The average molecular weight is 291 g/mol. The van der Waals surface area contributed by atoms with Crippen LogP contribution in [0, 0.1) is 0 Å². The lowest BCUT2D eigenvalue weighted by Crippen LogP contribution is -2.27. The second-order valence-electron chi connectivity index (χ2n) is 3.50. The molecule has 0 bridgehead atoms. The predicted molar refractivity (Wildman–Crippen MR) is 58.3 cm³/mol. The largest absolute Gasteiger partial charge is 0.403 e. The lowest BCUT2D eigenvalue weighted by Gasteiger charge is -2.13. The summed E-state index contributed by atoms with van der Waals surface area (Å²) in [6, 6.07) is 0. The van der Waals surface area contributed by atoms with Crippen molar-refractivity contribution in [3.8, 4) is 0 Å². The summed E-state index contributed by atoms with van der Waals surface area (Å²) < 4.78 is 40.9. The van der Waals surface area contributed by atoms with Crippen LogP contribution < -0.4 is 0 Å². The second kappa shape index (κ2) is 8.39. The van der Waals surface area contributed by atoms with Crippen LogP contribution in [0.25, 0.3) is 0 Å². The number of hydrogen-bond acceptors (Lipinski definition) is 1. The highest BCUT2D eigenvalue weighted by molar-refractivity contribution is 9.09. The van der Waals surface area contributed by atoms with E-state index in [1.54, 1.807) is 0 Å². The van der Waals surface area contributed by atoms with Crippen molar-refractivity contribution in [3.05, 3.63) is 0 Å². The number of halogens is 4. The molecule has 92 valence electrons. The summed E-state index contributed by atoms with van der Waals surface area (Å²) in [5, 5.41) is 0. The van der Waals surface area contributed by atoms with Gasteiger partial charge in [0.05, 0.1) is 6.61 Å². The van der Waals surface area contributed by atoms with Gasteiger partial charge in [-0.2, -0.15) is 13.2 Å². The zero-order valence-electron chi connectivity index (χ0n) is 8.95. The summed E-state index contributed by atoms with van der Waals surface area (Å²) >= 11 is 2.54. The van der Waals surface area contributed by atoms with Crippen molar-refractivity contribution < 1.29 is 17.9 Å². The highest BCUT2D eigenvalue weighted by atomic mass is 79.9. The van der Waals surface area contributed by atoms with Gasteiger partial charge in [-0.3, -0.25) is 0 Å². The van der Waals surface area contributed by atoms with E-state index >= 15 is 0 Å². The normalized spacial score (nSPS) is 14.2. The molecule has 5 heteroatoms. The van der Waals surface area contributed by atoms with Crippen molar-refractivity contribution in [1.29, 1.82) is 0 Å². The van der Waals surface area contributed by atoms with Crippen LogP contribution in [0.5, 0.6) is 0 Å². The van der Waals surface area contributed by atoms with Gasteiger partial charge >= 0.3 is 6.18 Å². The molecular formula is C10H18BrF3O. The first kappa shape index (κ1) is 15.2. The second-order valence-corrected chi connectivity index (χ2v) is 4.60. The number of unbranched alkanes of at least 4 members (excludes halogenated alkanes) is 4. The Labute approximate surface area is 97.5 Å². The van der Waals surface area contributed by atoms with Crippen LogP contribution in [0.4, 0.5) is 13.2 Å². The standard InChI is InChI=1S/C10H18BrF3O/c1-2-3-4-5-6-7-15-8-9(11)10(12,13)14/h9H,2-8H2,1H3. The molecule has 0 amide bonds. The van der Waals surface area contributed by atoms with Gasteiger partial charge in [0.1, 0.15) is 4.83 Å². The van der Waals surface area contributed by atoms with Gasteiger partial charge in [0.2, 0.25) is 0 Å². The summed E-state index contributed by atoms with van der Waals surface area (Å²) in [5.74, 6) is 0. The van der Waals surface area contributed by atoms with E-state index in [1.165, 1.54) is 12.8 Å². The Morgan fingerprint density at radius 2 is 1.73 bits per heavy atom. The van der Waals surface area contributed by atoms with Crippen molar-refractivity contribution >= 4 is 15.9 Å². The Balaban J connectivity index is 3.24. The minimum Gasteiger partial charge on any atom is -0.380 e. The van der Waals surface area contributed by atoms with Crippen molar-refractivity contribution in [2.45, 2.75) is 50.0 Å². The molecule has 0 radical (unpaired) electrons. The van der Waals surface area contributed by atoms with Crippen LogP contribution >= 0.6 is 15.9 Å². The highest BCUT2D eigenvalue weighted by Gasteiger charge is 2.37. The SMILES string of the molecule is CCCCCCCOCC(Br)C(F)(F)F. The fourth-order valence-corrected chi connectivity index (χ4v) is 1.28. The van der Waals surface area contributed by atoms with Crippen LogP contribution in [0.1, 0.15) is 39.0 Å². The molecule has 0 saturated carbocycles. The minimum atomic E-state index is -4.21. The van der Waals surface area contributed by atoms with E-state index in [0.717, 1.165) is 19.3 Å². The lowest BCUT2D eigenvalue weighted by molar-refractivity contribution is -0.137. The molecule has 1 nitrogen and oxygen atoms in total. The summed E-state index contributed by atoms with van der Waals surface area (Å²) in [7, 11) is 0. The summed E-state index contributed by atoms with van der Waals surface area (Å²) in [6.45, 7) is 2.24. The van der Waals surface area contributed by atoms with E-state index in [0.29, 0.717) is 6.61 Å². The van der Waals surface area contributed by atoms with Crippen LogP contribution in [-0.2, 0) is 4.74 Å². The number of hydrogen-bond donors (Lipinski definition) is 0. The van der Waals surface area contributed by atoms with Crippen LogP contribution in [0.2, 0.25) is 0 Å². The molecule has 1 unspecified atom stereocenters. The Kier molecular flexibility index (Phi) is 8.52. The smallest absolute Gasteiger partial charge is 0.380 e. The number of rotatable bonds is 8. The maximum Gasteiger partial charge on any atom is 0.403 e. The van der Waals surface area contributed by atoms with E-state index in [-0.39, 0.29) is 6.61 Å². The zero-order chi connectivity index (χ0) is 11.7. The molecule has 0 aromatic carbocycles. The van der Waals surface area contributed by atoms with Gasteiger partial charge in [-0.05, 0) is 6.42 Å². The molecule has 0 aromatic heterocycles. The molecule has 0 spiro atoms. The predicted octanol–water partition coefficient (Wildman–Crippen LogP) is 4.30. The van der Waals surface area contributed by atoms with Gasteiger partial charge in [0.25, 0.3) is 0 Å². The van der Waals surface area contributed by atoms with Gasteiger partial charge in [-0.25, -0.2) is 0 Å². The van der Waals surface area contributed by atoms with Crippen molar-refractivity contribution in [3.63, 3.8) is 0 Å². The summed E-state index contributed by atoms with van der Waals surface area (Å²) in [5.41, 5.74) is 0. The first-order chi connectivity index (χ1) is 6.98. The Morgan fingerprint density at radius 3 is 2.27 bits per heavy atom. The third kappa shape index (κ3) is 9.18. The van der Waals surface area contributed by atoms with Crippen LogP contribution in [0.3, 0.4) is 0 Å². The Bertz CT molecular complexity index is 150. The molecule has 0 rings (SSSR count). The Hall–Kier alpha value is 0.230. The summed E-state index contributed by atoms with van der Waals surface area (Å²) in [6.07, 6.45) is 1.16. The average Bonchev–Trinajstić information content (AvgIpc) is 2.14. The fraction of sp³-hybridized carbons (Fsp3) is 1.00. The van der Waals surface area contributed by atoms with E-state index in [1.807, 2.05) is 0 Å². The molecule has 0 N–H and O–H groups in total. The molecule has 0 aliphatic rings. The fourth-order valence-electron chi connectivity index (χ4n) is 1.09. The topological polar surface area (TPSA) is 9.23 Å². The molecule has 0 aliphatic heterocycles. The van der Waals surface area contributed by atoms with E-state index in [9.17, 15) is 13.2 Å². The molecule has 15 heavy (non-hydrogen) atoms. The number of ether oxygens (including phenoxy) is 1. The molecule has 0 aromatic rings. The van der Waals surface area contributed by atoms with Crippen molar-refractivity contribution in [1.82, 2.24) is 0 Å². The van der Waals surface area contributed by atoms with Gasteiger partial charge < -0.3 is 4.74 Å². The minimum absolute atomic E-state index is 0.294. The first-order valence-corrected chi connectivity index (χ1v) is 6.18. The van der Waals surface area contributed by atoms with Crippen molar-refractivity contribution in [2.75, 3.05) is 13.2 Å². The molecule has 1 atom stereocenters. The maximum absolute atomic E-state index is 12.0.